The van der Waals surface area contributed by atoms with Crippen molar-refractivity contribution in [2.24, 2.45) is 0 Å². The minimum absolute atomic E-state index is 0.753. The Hall–Kier alpha value is -6.60. The predicted molar refractivity (Wildman–Crippen MR) is 243 cm³/mol. The van der Waals surface area contributed by atoms with E-state index in [4.69, 9.17) is 9.97 Å². The molecule has 0 amide bonds. The molecule has 266 valence electrons. The first kappa shape index (κ1) is 32.6. The van der Waals surface area contributed by atoms with Crippen LogP contribution < -0.4 is 17.7 Å². The molecule has 0 fully saturated rings. The fourth-order valence-corrected chi connectivity index (χ4v) is 21.3. The van der Waals surface area contributed by atoms with E-state index in [2.05, 4.69) is 205 Å². The van der Waals surface area contributed by atoms with Crippen molar-refractivity contribution in [1.29, 1.82) is 0 Å². The van der Waals surface area contributed by atoms with Gasteiger partial charge in [0.2, 0.25) is 0 Å². The molecule has 5 heteroatoms. The van der Waals surface area contributed by atoms with Gasteiger partial charge in [-0.15, -0.1) is 0 Å². The standard InChI is InChI=1S/C52H33GeN3S/c1-4-18-34(19-5-1)52-54-48(47-41-26-10-14-28-43(41)53(51(47)55-52,35-20-6-2-7-21-35)36-22-8-3-9-23-36)42-27-12-16-30-45(42)56-44-29-15-11-24-37(44)39-32-33-40-38-25-13-17-31-46(38)57-50(40)49(39)56/h1-33H. The third-order valence-corrected chi connectivity index (χ3v) is 23.0. The zero-order valence-corrected chi connectivity index (χ0v) is 33.7. The Morgan fingerprint density at radius 1 is 0.456 bits per heavy atom. The van der Waals surface area contributed by atoms with E-state index < -0.39 is 13.3 Å². The molecule has 8 aromatic carbocycles. The summed E-state index contributed by atoms with van der Waals surface area (Å²) in [5.74, 6) is 0.753. The zero-order valence-electron chi connectivity index (χ0n) is 30.8. The third kappa shape index (κ3) is 4.66. The predicted octanol–water partition coefficient (Wildman–Crippen LogP) is 10.6. The van der Waals surface area contributed by atoms with Crippen molar-refractivity contribution in [3.8, 4) is 39.5 Å². The molecule has 0 atom stereocenters. The van der Waals surface area contributed by atoms with Crippen molar-refractivity contribution in [2.45, 2.75) is 0 Å². The number of para-hydroxylation sites is 2. The van der Waals surface area contributed by atoms with Crippen molar-refractivity contribution >= 4 is 84.3 Å². The molecule has 0 bridgehead atoms. The molecule has 0 saturated carbocycles. The van der Waals surface area contributed by atoms with E-state index in [1.807, 2.05) is 11.3 Å². The van der Waals surface area contributed by atoms with Crippen LogP contribution >= 0.6 is 11.3 Å². The van der Waals surface area contributed by atoms with Gasteiger partial charge in [0.1, 0.15) is 0 Å². The maximum absolute atomic E-state index is 5.76. The van der Waals surface area contributed by atoms with Crippen LogP contribution in [0, 0.1) is 0 Å². The van der Waals surface area contributed by atoms with E-state index in [1.54, 1.807) is 0 Å². The molecule has 11 aromatic rings. The second kappa shape index (κ2) is 12.7. The van der Waals surface area contributed by atoms with Crippen molar-refractivity contribution in [2.75, 3.05) is 0 Å². The summed E-state index contributed by atoms with van der Waals surface area (Å²) in [6.07, 6.45) is 0. The van der Waals surface area contributed by atoms with Gasteiger partial charge in [0, 0.05) is 0 Å². The Morgan fingerprint density at radius 3 is 1.82 bits per heavy atom. The summed E-state index contributed by atoms with van der Waals surface area (Å²) in [5, 5.41) is 5.08. The van der Waals surface area contributed by atoms with Crippen LogP contribution in [0.3, 0.4) is 0 Å². The second-order valence-corrected chi connectivity index (χ2v) is 23.6. The number of hydrogen-bond donors (Lipinski definition) is 0. The average molecular weight is 805 g/mol. The Labute approximate surface area is 336 Å². The molecular weight excluding hydrogens is 771 g/mol. The van der Waals surface area contributed by atoms with Crippen LogP contribution in [0.15, 0.2) is 200 Å². The Balaban J connectivity index is 1.25. The number of benzene rings is 8. The van der Waals surface area contributed by atoms with Gasteiger partial charge in [-0.2, -0.15) is 0 Å². The fourth-order valence-electron chi connectivity index (χ4n) is 9.53. The van der Waals surface area contributed by atoms with Crippen LogP contribution in [0.25, 0.3) is 81.4 Å². The van der Waals surface area contributed by atoms with Crippen molar-refractivity contribution in [3.05, 3.63) is 200 Å². The SMILES string of the molecule is c1ccc(-c2nc(-c3ccccc3-n3c4ccccc4c4ccc5c6ccccc6sc5c43)c3[c](n2)[Ge]([c]2ccccc2)([c]2ccccc2)[c]2ccccc2-3)cc1. The van der Waals surface area contributed by atoms with Crippen molar-refractivity contribution < 1.29 is 0 Å². The number of nitrogens with zero attached hydrogens (tertiary/aromatic N) is 3. The summed E-state index contributed by atoms with van der Waals surface area (Å²) in [6, 6.07) is 73.2. The molecule has 0 unspecified atom stereocenters. The monoisotopic (exact) mass is 805 g/mol. The summed E-state index contributed by atoms with van der Waals surface area (Å²) in [7, 11) is 0. The normalized spacial score (nSPS) is 13.1. The number of aromatic nitrogens is 3. The molecule has 0 aliphatic carbocycles. The van der Waals surface area contributed by atoms with Gasteiger partial charge >= 0.3 is 338 Å². The Morgan fingerprint density at radius 2 is 1.05 bits per heavy atom. The van der Waals surface area contributed by atoms with E-state index in [1.165, 1.54) is 65.3 Å². The van der Waals surface area contributed by atoms with Crippen LogP contribution in [-0.2, 0) is 0 Å². The first-order valence-corrected chi connectivity index (χ1v) is 24.4. The molecule has 0 spiro atoms. The molecule has 1 aliphatic rings. The number of thiophene rings is 1. The summed E-state index contributed by atoms with van der Waals surface area (Å²) >= 11 is -1.84. The zero-order chi connectivity index (χ0) is 37.5. The molecule has 3 aromatic heterocycles. The van der Waals surface area contributed by atoms with Crippen molar-refractivity contribution in [1.82, 2.24) is 14.5 Å². The van der Waals surface area contributed by atoms with Crippen LogP contribution in [0.1, 0.15) is 0 Å². The Kier molecular flexibility index (Phi) is 7.28. The summed E-state index contributed by atoms with van der Waals surface area (Å²) < 4.78 is 10.4. The molecule has 3 nitrogen and oxygen atoms in total. The third-order valence-electron chi connectivity index (χ3n) is 11.9. The summed E-state index contributed by atoms with van der Waals surface area (Å²) in [6.45, 7) is 0. The van der Waals surface area contributed by atoms with Crippen LogP contribution in [0.4, 0.5) is 0 Å². The first-order chi connectivity index (χ1) is 28.3. The Bertz CT molecular complexity index is 3310. The van der Waals surface area contributed by atoms with Gasteiger partial charge in [-0.25, -0.2) is 0 Å². The molecule has 0 saturated heterocycles. The molecule has 57 heavy (non-hydrogen) atoms. The minimum atomic E-state index is -3.73. The van der Waals surface area contributed by atoms with E-state index in [9.17, 15) is 0 Å². The summed E-state index contributed by atoms with van der Waals surface area (Å²) in [4.78, 5) is 11.4. The quantitative estimate of drug-likeness (QED) is 0.162. The molecule has 0 radical (unpaired) electrons. The van der Waals surface area contributed by atoms with E-state index in [0.717, 1.165) is 33.9 Å². The van der Waals surface area contributed by atoms with Gasteiger partial charge in [0.15, 0.2) is 0 Å². The van der Waals surface area contributed by atoms with E-state index >= 15 is 0 Å². The van der Waals surface area contributed by atoms with Gasteiger partial charge in [0.05, 0.1) is 0 Å². The number of rotatable bonds is 5. The van der Waals surface area contributed by atoms with Crippen molar-refractivity contribution in [3.63, 3.8) is 0 Å². The molecule has 4 heterocycles. The van der Waals surface area contributed by atoms with Crippen LogP contribution in [-0.4, -0.2) is 27.8 Å². The maximum atomic E-state index is 5.76. The molecule has 1 aliphatic heterocycles. The van der Waals surface area contributed by atoms with Gasteiger partial charge in [0.25, 0.3) is 0 Å². The fraction of sp³-hybridized carbons (Fsp3) is 0. The van der Waals surface area contributed by atoms with E-state index in [0.29, 0.717) is 0 Å². The first-order valence-electron chi connectivity index (χ1n) is 19.4. The second-order valence-electron chi connectivity index (χ2n) is 14.8. The van der Waals surface area contributed by atoms with Gasteiger partial charge < -0.3 is 0 Å². The van der Waals surface area contributed by atoms with Gasteiger partial charge in [-0.3, -0.25) is 0 Å². The van der Waals surface area contributed by atoms with Gasteiger partial charge in [-0.05, 0) is 0 Å². The molecule has 12 rings (SSSR count). The van der Waals surface area contributed by atoms with E-state index in [-0.39, 0.29) is 0 Å². The van der Waals surface area contributed by atoms with Crippen LogP contribution in [0.2, 0.25) is 0 Å². The molecular formula is C52H33GeN3S. The number of hydrogen-bond acceptors (Lipinski definition) is 3. The average Bonchev–Trinajstić information content (AvgIpc) is 3.94. The number of fused-ring (bicyclic) bond motifs is 10. The van der Waals surface area contributed by atoms with Crippen LogP contribution in [0.5, 0.6) is 0 Å². The molecule has 0 N–H and O–H groups in total. The topological polar surface area (TPSA) is 30.7 Å². The summed E-state index contributed by atoms with van der Waals surface area (Å²) in [5.41, 5.74) is 8.97. The van der Waals surface area contributed by atoms with Gasteiger partial charge in [-0.1, -0.05) is 0 Å².